The minimum Gasteiger partial charge on any atom is -0.497 e. The molecule has 0 aromatic heterocycles. The second-order valence-corrected chi connectivity index (χ2v) is 6.98. The molecule has 0 spiro atoms. The molecule has 1 heterocycles. The van der Waals surface area contributed by atoms with Crippen molar-refractivity contribution in [3.63, 3.8) is 0 Å². The second kappa shape index (κ2) is 8.75. The second-order valence-electron chi connectivity index (χ2n) is 6.98. The fourth-order valence-corrected chi connectivity index (χ4v) is 3.45. The smallest absolute Gasteiger partial charge is 0.290 e. The summed E-state index contributed by atoms with van der Waals surface area (Å²) in [5.41, 5.74) is 8.86. The molecular weight excluding hydrogens is 368 g/mol. The van der Waals surface area contributed by atoms with Crippen molar-refractivity contribution in [2.45, 2.75) is 12.5 Å². The number of hydrogen-bond donors (Lipinski definition) is 2. The van der Waals surface area contributed by atoms with Crippen LogP contribution in [0.4, 0.5) is 0 Å². The van der Waals surface area contributed by atoms with Gasteiger partial charge in [-0.1, -0.05) is 36.4 Å². The SMILES string of the molecule is COc1ccc2ccc(-c3cccc(C4(C)COCC(N)=N4)c3)cc2c1.O=CO. The van der Waals surface area contributed by atoms with Crippen molar-refractivity contribution in [3.05, 3.63) is 66.2 Å². The number of amidine groups is 1. The summed E-state index contributed by atoms with van der Waals surface area (Å²) < 4.78 is 11.0. The summed E-state index contributed by atoms with van der Waals surface area (Å²) in [6, 6.07) is 21.0. The van der Waals surface area contributed by atoms with Gasteiger partial charge in [-0.25, -0.2) is 0 Å². The lowest BCUT2D eigenvalue weighted by atomic mass is 9.90. The number of fused-ring (bicyclic) bond motifs is 1. The Morgan fingerprint density at radius 3 is 2.55 bits per heavy atom. The van der Waals surface area contributed by atoms with Crippen molar-refractivity contribution in [2.75, 3.05) is 20.3 Å². The highest BCUT2D eigenvalue weighted by molar-refractivity contribution is 5.88. The normalized spacial score (nSPS) is 18.3. The number of nitrogens with zero attached hydrogens (tertiary/aromatic N) is 1. The van der Waals surface area contributed by atoms with Gasteiger partial charge in [-0.3, -0.25) is 9.79 Å². The number of aliphatic imine (C=N–C) groups is 1. The summed E-state index contributed by atoms with van der Waals surface area (Å²) in [5.74, 6) is 1.40. The van der Waals surface area contributed by atoms with Crippen molar-refractivity contribution in [1.29, 1.82) is 0 Å². The Bertz CT molecular complexity index is 1050. The van der Waals surface area contributed by atoms with Gasteiger partial charge in [0, 0.05) is 0 Å². The molecular formula is C23H24N2O4. The van der Waals surface area contributed by atoms with Crippen LogP contribution in [0.2, 0.25) is 0 Å². The predicted octanol–water partition coefficient (Wildman–Crippen LogP) is 3.82. The quantitative estimate of drug-likeness (QED) is 0.661. The zero-order valence-electron chi connectivity index (χ0n) is 16.5. The molecule has 4 rings (SSSR count). The number of carbonyl (C=O) groups is 1. The zero-order chi connectivity index (χ0) is 20.9. The highest BCUT2D eigenvalue weighted by Gasteiger charge is 2.30. The summed E-state index contributed by atoms with van der Waals surface area (Å²) in [4.78, 5) is 13.0. The molecule has 0 saturated heterocycles. The maximum Gasteiger partial charge on any atom is 0.290 e. The molecule has 1 unspecified atom stereocenters. The van der Waals surface area contributed by atoms with E-state index in [9.17, 15) is 0 Å². The molecule has 0 amide bonds. The summed E-state index contributed by atoms with van der Waals surface area (Å²) in [7, 11) is 1.69. The van der Waals surface area contributed by atoms with Gasteiger partial charge >= 0.3 is 0 Å². The number of nitrogens with two attached hydrogens (primary N) is 1. The topological polar surface area (TPSA) is 94.1 Å². The molecule has 6 heteroatoms. The van der Waals surface area contributed by atoms with Crippen molar-refractivity contribution >= 4 is 23.1 Å². The third-order valence-electron chi connectivity index (χ3n) is 4.89. The van der Waals surface area contributed by atoms with Gasteiger partial charge in [-0.2, -0.15) is 0 Å². The third-order valence-corrected chi connectivity index (χ3v) is 4.89. The maximum absolute atomic E-state index is 8.36. The van der Waals surface area contributed by atoms with Crippen molar-refractivity contribution < 1.29 is 19.4 Å². The third kappa shape index (κ3) is 4.55. The zero-order valence-corrected chi connectivity index (χ0v) is 16.5. The fraction of sp³-hybridized carbons (Fsp3) is 0.217. The van der Waals surface area contributed by atoms with Crippen LogP contribution in [0.25, 0.3) is 21.9 Å². The number of carboxylic acid groups (broad SMARTS) is 1. The van der Waals surface area contributed by atoms with Crippen LogP contribution in [0.15, 0.2) is 65.7 Å². The maximum atomic E-state index is 8.36. The first-order chi connectivity index (χ1) is 14.0. The Labute approximate surface area is 169 Å². The summed E-state index contributed by atoms with van der Waals surface area (Å²) in [6.07, 6.45) is 0. The van der Waals surface area contributed by atoms with Gasteiger partial charge in [-0.05, 0) is 58.7 Å². The molecule has 3 aromatic rings. The molecule has 3 aromatic carbocycles. The van der Waals surface area contributed by atoms with E-state index in [0.717, 1.165) is 27.8 Å². The average molecular weight is 392 g/mol. The number of methoxy groups -OCH3 is 1. The minimum atomic E-state index is -0.446. The molecule has 150 valence electrons. The van der Waals surface area contributed by atoms with Gasteiger partial charge in [0.1, 0.15) is 23.7 Å². The molecule has 0 bridgehead atoms. The summed E-state index contributed by atoms with van der Waals surface area (Å²) in [6.45, 7) is 2.75. The van der Waals surface area contributed by atoms with E-state index in [0.29, 0.717) is 19.0 Å². The molecule has 1 aliphatic rings. The lowest BCUT2D eigenvalue weighted by Crippen LogP contribution is -2.37. The fourth-order valence-electron chi connectivity index (χ4n) is 3.45. The average Bonchev–Trinajstić information content (AvgIpc) is 2.73. The molecule has 29 heavy (non-hydrogen) atoms. The highest BCUT2D eigenvalue weighted by Crippen LogP contribution is 2.33. The van der Waals surface area contributed by atoms with Crippen molar-refractivity contribution in [1.82, 2.24) is 0 Å². The Hall–Kier alpha value is -3.38. The molecule has 0 fully saturated rings. The first kappa shape index (κ1) is 20.4. The van der Waals surface area contributed by atoms with E-state index in [2.05, 4.69) is 66.5 Å². The van der Waals surface area contributed by atoms with Crippen LogP contribution < -0.4 is 10.5 Å². The van der Waals surface area contributed by atoms with Crippen LogP contribution in [-0.4, -0.2) is 37.7 Å². The van der Waals surface area contributed by atoms with Gasteiger partial charge in [0.05, 0.1) is 13.7 Å². The molecule has 1 aliphatic heterocycles. The lowest BCUT2D eigenvalue weighted by Gasteiger charge is -2.30. The van der Waals surface area contributed by atoms with E-state index >= 15 is 0 Å². The van der Waals surface area contributed by atoms with Crippen molar-refractivity contribution in [3.8, 4) is 16.9 Å². The van der Waals surface area contributed by atoms with Crippen LogP contribution in [0.1, 0.15) is 12.5 Å². The largest absolute Gasteiger partial charge is 0.497 e. The monoisotopic (exact) mass is 392 g/mol. The van der Waals surface area contributed by atoms with E-state index in [1.54, 1.807) is 7.11 Å². The Kier molecular flexibility index (Phi) is 6.14. The van der Waals surface area contributed by atoms with E-state index in [1.807, 2.05) is 6.07 Å². The molecule has 0 aliphatic carbocycles. The molecule has 0 saturated carbocycles. The van der Waals surface area contributed by atoms with E-state index in [-0.39, 0.29) is 6.47 Å². The molecule has 6 nitrogen and oxygen atoms in total. The Morgan fingerprint density at radius 2 is 1.83 bits per heavy atom. The lowest BCUT2D eigenvalue weighted by molar-refractivity contribution is -0.122. The van der Waals surface area contributed by atoms with Gasteiger partial charge in [-0.15, -0.1) is 0 Å². The number of ether oxygens (including phenoxy) is 2. The van der Waals surface area contributed by atoms with E-state index < -0.39 is 5.54 Å². The number of rotatable bonds is 3. The van der Waals surface area contributed by atoms with Gasteiger partial charge in [0.25, 0.3) is 6.47 Å². The van der Waals surface area contributed by atoms with Crippen molar-refractivity contribution in [2.24, 2.45) is 10.7 Å². The Morgan fingerprint density at radius 1 is 1.10 bits per heavy atom. The minimum absolute atomic E-state index is 0.250. The molecule has 1 atom stereocenters. The molecule has 0 radical (unpaired) electrons. The van der Waals surface area contributed by atoms with Crippen LogP contribution in [0.3, 0.4) is 0 Å². The molecule has 3 N–H and O–H groups in total. The predicted molar refractivity (Wildman–Crippen MR) is 114 cm³/mol. The van der Waals surface area contributed by atoms with Gasteiger partial charge in [0.2, 0.25) is 0 Å². The van der Waals surface area contributed by atoms with Gasteiger partial charge in [0.15, 0.2) is 0 Å². The summed E-state index contributed by atoms with van der Waals surface area (Å²) >= 11 is 0. The van der Waals surface area contributed by atoms with E-state index in [4.69, 9.17) is 25.1 Å². The van der Waals surface area contributed by atoms with Crippen LogP contribution >= 0.6 is 0 Å². The highest BCUT2D eigenvalue weighted by atomic mass is 16.5. The first-order valence-corrected chi connectivity index (χ1v) is 9.17. The van der Waals surface area contributed by atoms with Crippen LogP contribution in [0, 0.1) is 0 Å². The van der Waals surface area contributed by atoms with Gasteiger partial charge < -0.3 is 20.3 Å². The number of hydrogen-bond acceptors (Lipinski definition) is 5. The standard InChI is InChI=1S/C22H22N2O2.CH2O2/c1-22(14-26-13-21(23)24-22)19-5-3-4-16(11-19)17-7-6-15-8-9-20(25-2)12-18(15)10-17;2-1-3/h3-12H,13-14H2,1-2H3,(H2,23,24);1H,(H,2,3). The first-order valence-electron chi connectivity index (χ1n) is 9.17. The Balaban J connectivity index is 0.000000755. The van der Waals surface area contributed by atoms with E-state index in [1.165, 1.54) is 5.39 Å². The van der Waals surface area contributed by atoms with Crippen LogP contribution in [-0.2, 0) is 15.1 Å². The number of benzene rings is 3. The summed E-state index contributed by atoms with van der Waals surface area (Å²) in [5, 5.41) is 9.23. The van der Waals surface area contributed by atoms with Crippen LogP contribution in [0.5, 0.6) is 5.75 Å².